The van der Waals surface area contributed by atoms with Crippen molar-refractivity contribution in [2.24, 2.45) is 0 Å². The molecule has 1 saturated heterocycles. The Morgan fingerprint density at radius 3 is 2.22 bits per heavy atom. The minimum atomic E-state index is 0.582. The van der Waals surface area contributed by atoms with Crippen LogP contribution in [-0.4, -0.2) is 30.6 Å². The first-order valence-corrected chi connectivity index (χ1v) is 8.86. The summed E-state index contributed by atoms with van der Waals surface area (Å²) in [6, 6.07) is 22.3. The van der Waals surface area contributed by atoms with Crippen molar-refractivity contribution in [2.75, 3.05) is 19.6 Å². The van der Waals surface area contributed by atoms with Crippen LogP contribution in [0.15, 0.2) is 60.7 Å². The third-order valence-corrected chi connectivity index (χ3v) is 4.92. The van der Waals surface area contributed by atoms with Crippen molar-refractivity contribution in [1.29, 1.82) is 0 Å². The topological polar surface area (TPSA) is 15.3 Å². The average Bonchev–Trinajstić information content (AvgIpc) is 2.62. The lowest BCUT2D eigenvalue weighted by atomic mass is 9.99. The maximum Gasteiger partial charge on any atom is 0.0233 e. The molecule has 23 heavy (non-hydrogen) atoms. The largest absolute Gasteiger partial charge is 0.313 e. The van der Waals surface area contributed by atoms with Crippen molar-refractivity contribution in [3.05, 3.63) is 71.8 Å². The van der Waals surface area contributed by atoms with E-state index in [1.807, 2.05) is 0 Å². The quantitative estimate of drug-likeness (QED) is 0.866. The molecular weight excluding hydrogens is 280 g/mol. The summed E-state index contributed by atoms with van der Waals surface area (Å²) in [5, 5.41) is 3.78. The third-order valence-electron chi connectivity index (χ3n) is 4.92. The molecule has 0 aromatic heterocycles. The van der Waals surface area contributed by atoms with Gasteiger partial charge in [-0.15, -0.1) is 0 Å². The SMILES string of the molecule is C[C@@H](CNC1CCN(Cc2ccccc2)CC1)c1ccccc1. The van der Waals surface area contributed by atoms with Gasteiger partial charge in [-0.05, 0) is 43.0 Å². The molecule has 122 valence electrons. The predicted molar refractivity (Wildman–Crippen MR) is 97.6 cm³/mol. The van der Waals surface area contributed by atoms with Gasteiger partial charge in [-0.2, -0.15) is 0 Å². The lowest BCUT2D eigenvalue weighted by Crippen LogP contribution is -2.43. The molecule has 0 aliphatic carbocycles. The Labute approximate surface area is 140 Å². The number of benzene rings is 2. The standard InChI is InChI=1S/C21H28N2/c1-18(20-10-6-3-7-11-20)16-22-21-12-14-23(15-13-21)17-19-8-4-2-5-9-19/h2-11,18,21-22H,12-17H2,1H3/t18-/m0/s1. The molecule has 0 amide bonds. The molecule has 2 nitrogen and oxygen atoms in total. The molecular formula is C21H28N2. The highest BCUT2D eigenvalue weighted by atomic mass is 15.1. The van der Waals surface area contributed by atoms with Crippen molar-refractivity contribution < 1.29 is 0 Å². The summed E-state index contributed by atoms with van der Waals surface area (Å²) in [5.41, 5.74) is 2.86. The van der Waals surface area contributed by atoms with E-state index in [1.165, 1.54) is 37.1 Å². The van der Waals surface area contributed by atoms with Gasteiger partial charge in [0.05, 0.1) is 0 Å². The van der Waals surface area contributed by atoms with Crippen molar-refractivity contribution in [3.63, 3.8) is 0 Å². The van der Waals surface area contributed by atoms with Crippen molar-refractivity contribution in [2.45, 2.75) is 38.3 Å². The van der Waals surface area contributed by atoms with Crippen LogP contribution in [-0.2, 0) is 6.54 Å². The van der Waals surface area contributed by atoms with E-state index in [2.05, 4.69) is 77.8 Å². The highest BCUT2D eigenvalue weighted by Crippen LogP contribution is 2.17. The molecule has 1 heterocycles. The smallest absolute Gasteiger partial charge is 0.0233 e. The van der Waals surface area contributed by atoms with Gasteiger partial charge in [-0.25, -0.2) is 0 Å². The van der Waals surface area contributed by atoms with Crippen LogP contribution >= 0.6 is 0 Å². The van der Waals surface area contributed by atoms with Gasteiger partial charge in [0, 0.05) is 19.1 Å². The molecule has 0 radical (unpaired) electrons. The minimum absolute atomic E-state index is 0.582. The number of rotatable bonds is 6. The number of likely N-dealkylation sites (tertiary alicyclic amines) is 1. The van der Waals surface area contributed by atoms with Crippen molar-refractivity contribution in [3.8, 4) is 0 Å². The summed E-state index contributed by atoms with van der Waals surface area (Å²) in [7, 11) is 0. The Balaban J connectivity index is 1.39. The van der Waals surface area contributed by atoms with Crippen LogP contribution in [0.5, 0.6) is 0 Å². The second-order valence-electron chi connectivity index (χ2n) is 6.76. The first-order valence-electron chi connectivity index (χ1n) is 8.86. The van der Waals surface area contributed by atoms with E-state index >= 15 is 0 Å². The first-order chi connectivity index (χ1) is 11.3. The summed E-state index contributed by atoms with van der Waals surface area (Å²) in [5.74, 6) is 0.582. The van der Waals surface area contributed by atoms with Crippen LogP contribution in [0.3, 0.4) is 0 Å². The molecule has 0 bridgehead atoms. The number of nitrogens with one attached hydrogen (secondary N) is 1. The highest BCUT2D eigenvalue weighted by Gasteiger charge is 2.19. The molecule has 0 spiro atoms. The zero-order chi connectivity index (χ0) is 15.9. The normalized spacial score (nSPS) is 18.0. The summed E-state index contributed by atoms with van der Waals surface area (Å²) >= 11 is 0. The zero-order valence-electron chi connectivity index (χ0n) is 14.1. The first kappa shape index (κ1) is 16.2. The Hall–Kier alpha value is -1.64. The molecule has 2 aromatic carbocycles. The van der Waals surface area contributed by atoms with E-state index in [-0.39, 0.29) is 0 Å². The van der Waals surface area contributed by atoms with E-state index in [0.717, 1.165) is 13.1 Å². The number of nitrogens with zero attached hydrogens (tertiary/aromatic N) is 1. The molecule has 2 heteroatoms. The monoisotopic (exact) mass is 308 g/mol. The minimum Gasteiger partial charge on any atom is -0.313 e. The lowest BCUT2D eigenvalue weighted by molar-refractivity contribution is 0.190. The fourth-order valence-corrected chi connectivity index (χ4v) is 3.38. The fourth-order valence-electron chi connectivity index (χ4n) is 3.38. The van der Waals surface area contributed by atoms with Crippen LogP contribution in [0.25, 0.3) is 0 Å². The molecule has 2 aromatic rings. The summed E-state index contributed by atoms with van der Waals surface area (Å²) < 4.78 is 0. The van der Waals surface area contributed by atoms with Crippen LogP contribution in [0, 0.1) is 0 Å². The number of hydrogen-bond acceptors (Lipinski definition) is 2. The Morgan fingerprint density at radius 2 is 1.57 bits per heavy atom. The lowest BCUT2D eigenvalue weighted by Gasteiger charge is -2.33. The molecule has 1 aliphatic heterocycles. The maximum atomic E-state index is 3.78. The van der Waals surface area contributed by atoms with E-state index < -0.39 is 0 Å². The van der Waals surface area contributed by atoms with Gasteiger partial charge in [-0.1, -0.05) is 67.6 Å². The van der Waals surface area contributed by atoms with Crippen molar-refractivity contribution >= 4 is 0 Å². The predicted octanol–water partition coefficient (Wildman–Crippen LogP) is 4.04. The highest BCUT2D eigenvalue weighted by molar-refractivity contribution is 5.19. The Kier molecular flexibility index (Phi) is 5.84. The molecule has 0 unspecified atom stereocenters. The molecule has 0 saturated carbocycles. The van der Waals surface area contributed by atoms with Gasteiger partial charge in [0.25, 0.3) is 0 Å². The van der Waals surface area contributed by atoms with Gasteiger partial charge >= 0.3 is 0 Å². The summed E-state index contributed by atoms with van der Waals surface area (Å²) in [6.45, 7) is 6.88. The van der Waals surface area contributed by atoms with Gasteiger partial charge < -0.3 is 5.32 Å². The fraction of sp³-hybridized carbons (Fsp3) is 0.429. The number of piperidine rings is 1. The third kappa shape index (κ3) is 4.92. The van der Waals surface area contributed by atoms with Gasteiger partial charge in [0.1, 0.15) is 0 Å². The van der Waals surface area contributed by atoms with Crippen molar-refractivity contribution in [1.82, 2.24) is 10.2 Å². The summed E-state index contributed by atoms with van der Waals surface area (Å²) in [6.07, 6.45) is 2.52. The van der Waals surface area contributed by atoms with Crippen LogP contribution < -0.4 is 5.32 Å². The molecule has 1 N–H and O–H groups in total. The molecule has 1 atom stereocenters. The summed E-state index contributed by atoms with van der Waals surface area (Å²) in [4.78, 5) is 2.58. The maximum absolute atomic E-state index is 3.78. The Bertz CT molecular complexity index is 559. The van der Waals surface area contributed by atoms with Gasteiger partial charge in [0.15, 0.2) is 0 Å². The van der Waals surface area contributed by atoms with Crippen LogP contribution in [0.4, 0.5) is 0 Å². The van der Waals surface area contributed by atoms with Gasteiger partial charge in [0.2, 0.25) is 0 Å². The molecule has 1 fully saturated rings. The average molecular weight is 308 g/mol. The zero-order valence-corrected chi connectivity index (χ0v) is 14.1. The van der Waals surface area contributed by atoms with Crippen LogP contribution in [0.2, 0.25) is 0 Å². The molecule has 3 rings (SSSR count). The second-order valence-corrected chi connectivity index (χ2v) is 6.76. The van der Waals surface area contributed by atoms with Crippen LogP contribution in [0.1, 0.15) is 36.8 Å². The van der Waals surface area contributed by atoms with E-state index in [4.69, 9.17) is 0 Å². The van der Waals surface area contributed by atoms with E-state index in [0.29, 0.717) is 12.0 Å². The molecule has 1 aliphatic rings. The second kappa shape index (κ2) is 8.28. The Morgan fingerprint density at radius 1 is 0.957 bits per heavy atom. The number of hydrogen-bond donors (Lipinski definition) is 1. The van der Waals surface area contributed by atoms with E-state index in [9.17, 15) is 0 Å². The van der Waals surface area contributed by atoms with E-state index in [1.54, 1.807) is 0 Å². The van der Waals surface area contributed by atoms with Gasteiger partial charge in [-0.3, -0.25) is 4.90 Å².